The van der Waals surface area contributed by atoms with Gasteiger partial charge in [-0.1, -0.05) is 13.0 Å². The monoisotopic (exact) mass is 617 g/mol. The van der Waals surface area contributed by atoms with E-state index in [1.54, 1.807) is 18.2 Å². The number of ether oxygens (including phenoxy) is 1. The molecule has 3 aromatic rings. The second kappa shape index (κ2) is 11.1. The van der Waals surface area contributed by atoms with Crippen LogP contribution in [0.15, 0.2) is 36.2 Å². The topological polar surface area (TPSA) is 85.2 Å². The van der Waals surface area contributed by atoms with E-state index in [1.165, 1.54) is 6.07 Å². The molecular formula is C35H41F2N5O3. The number of nitrogens with zero attached hydrogens (tertiary/aromatic N) is 5. The molecule has 4 atom stereocenters. The highest BCUT2D eigenvalue weighted by Crippen LogP contribution is 2.44. The predicted octanol–water partition coefficient (Wildman–Crippen LogP) is 5.28. The number of hydrogen-bond acceptors (Lipinski definition) is 8. The van der Waals surface area contributed by atoms with Gasteiger partial charge >= 0.3 is 6.01 Å². The van der Waals surface area contributed by atoms with E-state index in [-0.39, 0.29) is 29.1 Å². The summed E-state index contributed by atoms with van der Waals surface area (Å²) in [4.78, 5) is 16.9. The van der Waals surface area contributed by atoms with Crippen LogP contribution < -0.4 is 14.5 Å². The van der Waals surface area contributed by atoms with Crippen LogP contribution in [0.25, 0.3) is 10.8 Å². The Morgan fingerprint density at radius 2 is 2.00 bits per heavy atom. The summed E-state index contributed by atoms with van der Waals surface area (Å²) in [5.74, 6) is 1.45. The quantitative estimate of drug-likeness (QED) is 0.387. The summed E-state index contributed by atoms with van der Waals surface area (Å²) in [5.41, 5.74) is 3.96. The molecule has 0 amide bonds. The van der Waals surface area contributed by atoms with Gasteiger partial charge < -0.3 is 24.7 Å². The molecule has 45 heavy (non-hydrogen) atoms. The summed E-state index contributed by atoms with van der Waals surface area (Å²) in [5, 5.41) is 22.9. The summed E-state index contributed by atoms with van der Waals surface area (Å²) < 4.78 is 35.0. The Morgan fingerprint density at radius 1 is 1.11 bits per heavy atom. The van der Waals surface area contributed by atoms with Gasteiger partial charge in [0.2, 0.25) is 0 Å². The number of fused-ring (bicyclic) bond motifs is 5. The lowest BCUT2D eigenvalue weighted by Crippen LogP contribution is -2.44. The normalized spacial score (nSPS) is 28.7. The lowest BCUT2D eigenvalue weighted by molar-refractivity contribution is 0.107. The van der Waals surface area contributed by atoms with Gasteiger partial charge in [-0.2, -0.15) is 9.97 Å². The van der Waals surface area contributed by atoms with Crippen molar-refractivity contribution in [1.29, 1.82) is 0 Å². The van der Waals surface area contributed by atoms with Gasteiger partial charge in [0.25, 0.3) is 0 Å². The molecule has 2 bridgehead atoms. The van der Waals surface area contributed by atoms with E-state index < -0.39 is 0 Å². The zero-order valence-electron chi connectivity index (χ0n) is 25.8. The molecular weight excluding hydrogens is 576 g/mol. The largest absolute Gasteiger partial charge is 0.508 e. The Hall–Kier alpha value is -3.50. The fraction of sp³-hybridized carbons (Fsp3) is 0.543. The Labute approximate surface area is 262 Å². The van der Waals surface area contributed by atoms with Crippen molar-refractivity contribution in [3.63, 3.8) is 0 Å². The van der Waals surface area contributed by atoms with Crippen molar-refractivity contribution in [2.24, 2.45) is 11.8 Å². The van der Waals surface area contributed by atoms with Crippen molar-refractivity contribution >= 4 is 22.3 Å². The highest BCUT2D eigenvalue weighted by molar-refractivity contribution is 5.98. The maximum absolute atomic E-state index is 15.0. The van der Waals surface area contributed by atoms with Crippen LogP contribution >= 0.6 is 0 Å². The SMILES string of the molecule is CCc1c(F)ccc2cc(O)cc(N3CCc4c(nc(OCC56CCCN5C/C(=C\F)C6)nc4N4C[C@@H]5C[C@H](C4)[C@H](O)C5)C3)c12. The van der Waals surface area contributed by atoms with Gasteiger partial charge in [-0.15, -0.1) is 0 Å². The van der Waals surface area contributed by atoms with E-state index in [4.69, 9.17) is 14.7 Å². The number of benzene rings is 2. The van der Waals surface area contributed by atoms with Crippen molar-refractivity contribution in [2.75, 3.05) is 49.1 Å². The molecule has 2 N–H and O–H groups in total. The molecule has 1 saturated carbocycles. The molecule has 0 radical (unpaired) electrons. The Bertz CT molecular complexity index is 1680. The number of halogens is 2. The first kappa shape index (κ1) is 28.9. The maximum Gasteiger partial charge on any atom is 0.318 e. The number of aromatic hydroxyl groups is 1. The first-order chi connectivity index (χ1) is 21.8. The number of aliphatic hydroxyl groups excluding tert-OH is 1. The number of aryl methyl sites for hydroxylation is 1. The fourth-order valence-corrected chi connectivity index (χ4v) is 9.05. The molecule has 8 nitrogen and oxygen atoms in total. The van der Waals surface area contributed by atoms with Gasteiger partial charge in [0.1, 0.15) is 24.0 Å². The van der Waals surface area contributed by atoms with Crippen LogP contribution in [-0.4, -0.2) is 76.1 Å². The van der Waals surface area contributed by atoms with Gasteiger partial charge in [-0.05, 0) is 86.1 Å². The van der Waals surface area contributed by atoms with E-state index >= 15 is 0 Å². The van der Waals surface area contributed by atoms with Crippen LogP contribution in [0.3, 0.4) is 0 Å². The summed E-state index contributed by atoms with van der Waals surface area (Å²) in [6, 6.07) is 6.96. The average Bonchev–Trinajstić information content (AvgIpc) is 3.68. The number of aromatic nitrogens is 2. The number of anilines is 2. The van der Waals surface area contributed by atoms with E-state index in [0.29, 0.717) is 63.0 Å². The standard InChI is InChI=1S/C35H41F2N5O3/c1-2-26-28(37)5-4-23-12-25(43)13-30(32(23)26)40-9-6-27-29(19-40)38-34(39-33(27)41-16-21-10-24(18-41)31(44)11-21)45-20-35-7-3-8-42(35)17-22(14-35)15-36/h4-5,12-13,15,21,24,31,43-44H,2-3,6-11,14,16-20H2,1H3/b22-15-/t21-,24-,31-,35?/m1/s1. The zero-order valence-corrected chi connectivity index (χ0v) is 25.8. The summed E-state index contributed by atoms with van der Waals surface area (Å²) in [6.45, 7) is 6.66. The van der Waals surface area contributed by atoms with Gasteiger partial charge in [0.15, 0.2) is 0 Å². The molecule has 2 aromatic carbocycles. The third-order valence-corrected chi connectivity index (χ3v) is 11.2. The Morgan fingerprint density at radius 3 is 2.82 bits per heavy atom. The molecule has 5 aliphatic rings. The number of hydrogen-bond donors (Lipinski definition) is 2. The summed E-state index contributed by atoms with van der Waals surface area (Å²) >= 11 is 0. The van der Waals surface area contributed by atoms with E-state index in [9.17, 15) is 19.0 Å². The van der Waals surface area contributed by atoms with Gasteiger partial charge in [-0.25, -0.2) is 8.78 Å². The van der Waals surface area contributed by atoms with Crippen molar-refractivity contribution in [1.82, 2.24) is 14.9 Å². The molecule has 1 aliphatic carbocycles. The number of rotatable bonds is 6. The highest BCUT2D eigenvalue weighted by atomic mass is 19.1. The van der Waals surface area contributed by atoms with Crippen LogP contribution in [0.5, 0.6) is 11.8 Å². The predicted molar refractivity (Wildman–Crippen MR) is 169 cm³/mol. The minimum atomic E-state index is -0.274. The molecule has 4 fully saturated rings. The highest BCUT2D eigenvalue weighted by Gasteiger charge is 2.47. The first-order valence-corrected chi connectivity index (χ1v) is 16.5. The number of phenolic OH excluding ortho intramolecular Hbond substituents is 1. The minimum absolute atomic E-state index is 0.144. The maximum atomic E-state index is 15.0. The third-order valence-electron chi connectivity index (χ3n) is 11.2. The van der Waals surface area contributed by atoms with Crippen LogP contribution in [0.2, 0.25) is 0 Å². The van der Waals surface area contributed by atoms with Gasteiger partial charge in [-0.3, -0.25) is 4.90 Å². The number of piperidine rings is 1. The molecule has 3 saturated heterocycles. The van der Waals surface area contributed by atoms with Crippen molar-refractivity contribution < 1.29 is 23.7 Å². The number of phenols is 1. The third kappa shape index (κ3) is 4.92. The second-order valence-electron chi connectivity index (χ2n) is 13.9. The van der Waals surface area contributed by atoms with E-state index in [1.807, 2.05) is 6.92 Å². The molecule has 4 aliphatic heterocycles. The first-order valence-electron chi connectivity index (χ1n) is 16.5. The van der Waals surface area contributed by atoms with E-state index in [0.717, 1.165) is 90.8 Å². The summed E-state index contributed by atoms with van der Waals surface area (Å²) in [7, 11) is 0. The van der Waals surface area contributed by atoms with Gasteiger partial charge in [0, 0.05) is 54.8 Å². The molecule has 5 heterocycles. The van der Waals surface area contributed by atoms with Crippen LogP contribution in [0, 0.1) is 17.7 Å². The van der Waals surface area contributed by atoms with Crippen molar-refractivity contribution in [3.8, 4) is 11.8 Å². The van der Waals surface area contributed by atoms with Gasteiger partial charge in [0.05, 0.1) is 30.2 Å². The molecule has 1 unspecified atom stereocenters. The summed E-state index contributed by atoms with van der Waals surface area (Å²) in [6.07, 6.45) is 6.25. The lowest BCUT2D eigenvalue weighted by Gasteiger charge is -2.37. The Kier molecular flexibility index (Phi) is 7.13. The van der Waals surface area contributed by atoms with Crippen LogP contribution in [0.4, 0.5) is 20.3 Å². The smallest absolute Gasteiger partial charge is 0.318 e. The number of aliphatic hydroxyl groups is 1. The van der Waals surface area contributed by atoms with Crippen molar-refractivity contribution in [2.45, 2.75) is 70.1 Å². The molecule has 1 aromatic heterocycles. The Balaban J connectivity index is 1.16. The van der Waals surface area contributed by atoms with Crippen molar-refractivity contribution in [3.05, 3.63) is 58.8 Å². The minimum Gasteiger partial charge on any atom is -0.508 e. The van der Waals surface area contributed by atoms with Crippen LogP contribution in [0.1, 0.15) is 55.8 Å². The van der Waals surface area contributed by atoms with E-state index in [2.05, 4.69) is 14.7 Å². The molecule has 238 valence electrons. The molecule has 0 spiro atoms. The molecule has 8 rings (SSSR count). The van der Waals surface area contributed by atoms with Crippen LogP contribution in [-0.2, 0) is 19.4 Å². The lowest BCUT2D eigenvalue weighted by atomic mass is 9.94. The second-order valence-corrected chi connectivity index (χ2v) is 13.9. The average molecular weight is 618 g/mol. The molecule has 10 heteroatoms. The fourth-order valence-electron chi connectivity index (χ4n) is 9.05. The zero-order chi connectivity index (χ0) is 30.9.